The topological polar surface area (TPSA) is 73.2 Å². The lowest BCUT2D eigenvalue weighted by molar-refractivity contribution is -0.144. The molecule has 0 unspecified atom stereocenters. The van der Waals surface area contributed by atoms with Crippen LogP contribution in [0.25, 0.3) is 11.3 Å². The Morgan fingerprint density at radius 1 is 1.28 bits per heavy atom. The highest BCUT2D eigenvalue weighted by Crippen LogP contribution is 2.30. The summed E-state index contributed by atoms with van der Waals surface area (Å²) in [6, 6.07) is 2.48. The summed E-state index contributed by atoms with van der Waals surface area (Å²) in [5.74, 6) is -0.864. The molecule has 0 bridgehead atoms. The van der Waals surface area contributed by atoms with Crippen LogP contribution in [0, 0.1) is 12.7 Å². The summed E-state index contributed by atoms with van der Waals surface area (Å²) in [6.07, 6.45) is -5.60. The fraction of sp³-hybridized carbons (Fsp3) is 0.267. The van der Waals surface area contributed by atoms with E-state index in [0.29, 0.717) is 16.3 Å². The molecular weight excluding hydrogens is 346 g/mol. The first-order valence-electron chi connectivity index (χ1n) is 6.85. The van der Waals surface area contributed by atoms with Gasteiger partial charge in [0, 0.05) is 24.4 Å². The van der Waals surface area contributed by atoms with Crippen molar-refractivity contribution in [1.29, 1.82) is 0 Å². The maximum atomic E-state index is 14.2. The number of amides is 1. The van der Waals surface area contributed by atoms with Gasteiger partial charge in [-0.15, -0.1) is 0 Å². The number of rotatable bonds is 2. The highest BCUT2D eigenvalue weighted by Gasteiger charge is 2.34. The van der Waals surface area contributed by atoms with E-state index in [1.165, 1.54) is 6.92 Å². The van der Waals surface area contributed by atoms with Crippen LogP contribution in [0.1, 0.15) is 11.3 Å². The van der Waals surface area contributed by atoms with E-state index >= 15 is 0 Å². The second kappa shape index (κ2) is 6.54. The fourth-order valence-corrected chi connectivity index (χ4v) is 2.14. The van der Waals surface area contributed by atoms with E-state index in [1.807, 2.05) is 0 Å². The molecule has 1 aromatic carbocycles. The van der Waals surface area contributed by atoms with Gasteiger partial charge >= 0.3 is 12.3 Å². The van der Waals surface area contributed by atoms with Crippen molar-refractivity contribution in [2.24, 2.45) is 7.05 Å². The molecular formula is C15H13F4N3O3. The normalized spacial score (nSPS) is 11.3. The zero-order valence-electron chi connectivity index (χ0n) is 13.4. The van der Waals surface area contributed by atoms with E-state index in [0.717, 1.165) is 26.3 Å². The van der Waals surface area contributed by atoms with Gasteiger partial charge < -0.3 is 4.74 Å². The molecule has 1 heterocycles. The molecule has 2 rings (SSSR count). The maximum absolute atomic E-state index is 14.2. The average Bonchev–Trinajstić information content (AvgIpc) is 2.50. The number of carbonyl (C=O) groups is 1. The standard InChI is InChI=1S/C15H13F4N3O3/c1-7-4-9(16)8(5-10(7)20-14(24)25-3)13-11(23)6-12(15(17,18)19)22(2)21-13/h4-6H,1-3H3,(H,20,24). The second-order valence-electron chi connectivity index (χ2n) is 5.13. The quantitative estimate of drug-likeness (QED) is 0.837. The summed E-state index contributed by atoms with van der Waals surface area (Å²) in [6.45, 7) is 1.50. The van der Waals surface area contributed by atoms with Crippen LogP contribution < -0.4 is 10.7 Å². The van der Waals surface area contributed by atoms with Crippen molar-refractivity contribution in [3.63, 3.8) is 0 Å². The Bertz CT molecular complexity index is 891. The van der Waals surface area contributed by atoms with Crippen molar-refractivity contribution in [2.45, 2.75) is 13.1 Å². The largest absolute Gasteiger partial charge is 0.453 e. The molecule has 0 aliphatic heterocycles. The average molecular weight is 359 g/mol. The zero-order chi connectivity index (χ0) is 18.9. The first-order valence-corrected chi connectivity index (χ1v) is 6.85. The molecule has 1 N–H and O–H groups in total. The van der Waals surface area contributed by atoms with Gasteiger partial charge in [0.25, 0.3) is 0 Å². The minimum atomic E-state index is -4.77. The van der Waals surface area contributed by atoms with E-state index < -0.39 is 34.9 Å². The van der Waals surface area contributed by atoms with Crippen molar-refractivity contribution < 1.29 is 27.1 Å². The summed E-state index contributed by atoms with van der Waals surface area (Å²) >= 11 is 0. The fourth-order valence-electron chi connectivity index (χ4n) is 2.14. The van der Waals surface area contributed by atoms with Gasteiger partial charge in [0.15, 0.2) is 0 Å². The summed E-state index contributed by atoms with van der Waals surface area (Å²) in [5, 5.41) is 5.86. The number of aromatic nitrogens is 2. The molecule has 0 fully saturated rings. The van der Waals surface area contributed by atoms with Crippen LogP contribution in [0.5, 0.6) is 0 Å². The van der Waals surface area contributed by atoms with Gasteiger partial charge in [0.2, 0.25) is 5.43 Å². The number of benzene rings is 1. The number of hydrogen-bond donors (Lipinski definition) is 1. The lowest BCUT2D eigenvalue weighted by Crippen LogP contribution is -2.23. The molecule has 0 radical (unpaired) electrons. The number of halogens is 4. The summed E-state index contributed by atoms with van der Waals surface area (Å²) in [5.41, 5.74) is -2.76. The van der Waals surface area contributed by atoms with Gasteiger partial charge in [0.05, 0.1) is 7.11 Å². The molecule has 0 saturated carbocycles. The van der Waals surface area contributed by atoms with E-state index in [4.69, 9.17) is 0 Å². The Morgan fingerprint density at radius 3 is 2.48 bits per heavy atom. The number of aryl methyl sites for hydroxylation is 2. The first-order chi connectivity index (χ1) is 11.5. The number of anilines is 1. The van der Waals surface area contributed by atoms with Gasteiger partial charge in [-0.05, 0) is 24.6 Å². The van der Waals surface area contributed by atoms with Gasteiger partial charge in [0.1, 0.15) is 17.2 Å². The lowest BCUT2D eigenvalue weighted by Gasteiger charge is -2.14. The highest BCUT2D eigenvalue weighted by molar-refractivity contribution is 5.87. The number of carbonyl (C=O) groups excluding carboxylic acids is 1. The third-order valence-corrected chi connectivity index (χ3v) is 3.38. The summed E-state index contributed by atoms with van der Waals surface area (Å²) in [7, 11) is 2.12. The Kier molecular flexibility index (Phi) is 4.82. The molecule has 1 aromatic heterocycles. The van der Waals surface area contributed by atoms with Gasteiger partial charge in [-0.3, -0.25) is 14.8 Å². The Morgan fingerprint density at radius 2 is 1.92 bits per heavy atom. The minimum Gasteiger partial charge on any atom is -0.453 e. The Labute approximate surface area is 139 Å². The van der Waals surface area contributed by atoms with Crippen LogP contribution in [0.15, 0.2) is 23.0 Å². The molecule has 0 aliphatic rings. The molecule has 134 valence electrons. The van der Waals surface area contributed by atoms with E-state index in [2.05, 4.69) is 15.2 Å². The van der Waals surface area contributed by atoms with Crippen molar-refractivity contribution in [1.82, 2.24) is 9.78 Å². The van der Waals surface area contributed by atoms with Crippen LogP contribution in [-0.4, -0.2) is 23.0 Å². The van der Waals surface area contributed by atoms with Crippen molar-refractivity contribution in [3.8, 4) is 11.3 Å². The van der Waals surface area contributed by atoms with Crippen molar-refractivity contribution in [2.75, 3.05) is 12.4 Å². The molecule has 6 nitrogen and oxygen atoms in total. The molecule has 0 spiro atoms. The zero-order valence-corrected chi connectivity index (χ0v) is 13.4. The first kappa shape index (κ1) is 18.4. The highest BCUT2D eigenvalue weighted by atomic mass is 19.4. The smallest absolute Gasteiger partial charge is 0.433 e. The van der Waals surface area contributed by atoms with Crippen LogP contribution in [-0.2, 0) is 18.0 Å². The van der Waals surface area contributed by atoms with Gasteiger partial charge in [-0.1, -0.05) is 0 Å². The van der Waals surface area contributed by atoms with Crippen molar-refractivity contribution in [3.05, 3.63) is 45.5 Å². The Balaban J connectivity index is 2.62. The van der Waals surface area contributed by atoms with Crippen LogP contribution in [0.2, 0.25) is 0 Å². The van der Waals surface area contributed by atoms with Crippen LogP contribution in [0.4, 0.5) is 28.0 Å². The van der Waals surface area contributed by atoms with E-state index in [9.17, 15) is 27.2 Å². The second-order valence-corrected chi connectivity index (χ2v) is 5.13. The number of nitrogens with zero attached hydrogens (tertiary/aromatic N) is 2. The number of alkyl halides is 3. The van der Waals surface area contributed by atoms with Crippen LogP contribution >= 0.6 is 0 Å². The van der Waals surface area contributed by atoms with E-state index in [1.54, 1.807) is 0 Å². The number of ether oxygens (including phenoxy) is 1. The molecule has 0 aliphatic carbocycles. The molecule has 10 heteroatoms. The third-order valence-electron chi connectivity index (χ3n) is 3.38. The lowest BCUT2D eigenvalue weighted by atomic mass is 10.1. The van der Waals surface area contributed by atoms with Gasteiger partial charge in [-0.2, -0.15) is 18.3 Å². The third kappa shape index (κ3) is 3.78. The minimum absolute atomic E-state index is 0.131. The molecule has 0 atom stereocenters. The molecule has 0 saturated heterocycles. The number of hydrogen-bond acceptors (Lipinski definition) is 4. The number of methoxy groups -OCH3 is 1. The number of nitrogens with one attached hydrogen (secondary N) is 1. The summed E-state index contributed by atoms with van der Waals surface area (Å²) < 4.78 is 57.5. The monoisotopic (exact) mass is 359 g/mol. The molecule has 1 amide bonds. The maximum Gasteiger partial charge on any atom is 0.433 e. The Hall–Kier alpha value is -2.91. The predicted octanol–water partition coefficient (Wildman–Crippen LogP) is 3.09. The SMILES string of the molecule is COC(=O)Nc1cc(-c2nn(C)c(C(F)(F)F)cc2=O)c(F)cc1C. The predicted molar refractivity (Wildman–Crippen MR) is 80.6 cm³/mol. The van der Waals surface area contributed by atoms with Crippen LogP contribution in [0.3, 0.4) is 0 Å². The summed E-state index contributed by atoms with van der Waals surface area (Å²) in [4.78, 5) is 23.3. The van der Waals surface area contributed by atoms with Crippen molar-refractivity contribution >= 4 is 11.8 Å². The molecule has 2 aromatic rings. The molecule has 25 heavy (non-hydrogen) atoms. The van der Waals surface area contributed by atoms with Gasteiger partial charge in [-0.25, -0.2) is 9.18 Å². The van der Waals surface area contributed by atoms with E-state index in [-0.39, 0.29) is 11.3 Å².